The first-order valence-electron chi connectivity index (χ1n) is 22.1. The Kier molecular flexibility index (Phi) is 16.9. The fourth-order valence-corrected chi connectivity index (χ4v) is 11.5. The summed E-state index contributed by atoms with van der Waals surface area (Å²) in [4.78, 5) is 24.1. The van der Waals surface area contributed by atoms with Crippen molar-refractivity contribution >= 4 is 58.3 Å². The zero-order chi connectivity index (χ0) is 46.5. The van der Waals surface area contributed by atoms with Crippen molar-refractivity contribution in [1.82, 2.24) is 40.0 Å². The Hall–Kier alpha value is -2.52. The van der Waals surface area contributed by atoms with Gasteiger partial charge in [0.25, 0.3) is 0 Å². The number of tetrazole rings is 1. The third kappa shape index (κ3) is 12.5. The molecule has 360 valence electrons. The molecule has 3 aromatic rings. The maximum Gasteiger partial charge on any atom is 0.413 e. The lowest BCUT2D eigenvalue weighted by atomic mass is 10.1. The van der Waals surface area contributed by atoms with Crippen LogP contribution >= 0.6 is 19.2 Å². The number of nitrogens with zero attached hydrogens (tertiary/aromatic N) is 9. The molecule has 1 N–H and O–H groups in total. The van der Waals surface area contributed by atoms with Crippen LogP contribution in [0.2, 0.25) is 56.7 Å². The van der Waals surface area contributed by atoms with Gasteiger partial charge in [0.2, 0.25) is 10.6 Å². The van der Waals surface area contributed by atoms with E-state index in [2.05, 4.69) is 69.8 Å². The molecule has 64 heavy (non-hydrogen) atoms. The average molecular weight is 977 g/mol. The van der Waals surface area contributed by atoms with Crippen LogP contribution in [-0.4, -0.2) is 149 Å². The van der Waals surface area contributed by atoms with Crippen LogP contribution in [0.15, 0.2) is 6.20 Å². The van der Waals surface area contributed by atoms with Crippen LogP contribution in [0, 0.1) is 0 Å². The van der Waals surface area contributed by atoms with E-state index >= 15 is 4.57 Å². The third-order valence-corrected chi connectivity index (χ3v) is 17.2. The highest BCUT2D eigenvalue weighted by Gasteiger charge is 2.59. The molecule has 3 aromatic heterocycles. The quantitative estimate of drug-likeness (QED) is 0.0384. The molecule has 0 bridgehead atoms. The van der Waals surface area contributed by atoms with Crippen molar-refractivity contribution in [2.24, 2.45) is 0 Å². The Balaban J connectivity index is 1.28. The zero-order valence-electron chi connectivity index (χ0n) is 38.9. The molecule has 3 aliphatic rings. The largest absolute Gasteiger partial charge is 0.465 e. The Morgan fingerprint density at radius 2 is 1.62 bits per heavy atom. The Morgan fingerprint density at radius 1 is 0.984 bits per heavy atom. The molecule has 1 aliphatic carbocycles. The Bertz CT molecular complexity index is 2060. The van der Waals surface area contributed by atoms with Gasteiger partial charge in [-0.2, -0.15) is 15.1 Å². The Morgan fingerprint density at radius 3 is 2.27 bits per heavy atom. The zero-order valence-corrected chi connectivity index (χ0v) is 42.5. The van der Waals surface area contributed by atoms with Gasteiger partial charge in [-0.15, -0.1) is 15.0 Å². The van der Waals surface area contributed by atoms with Crippen molar-refractivity contribution < 1.29 is 56.7 Å². The standard InChI is InChI=1S/C39H67ClN9O12PSi2/c1-11-57-62(52,58-12-2)39(24-53-17-19-63(5,6)7,25-55-23-30-44-46-47(45-30)26-54-18-20-64(8,9)10)56-22-29-31-32(61-38(3,4)60-31)35(59-29)49-34-28(21-41-49)33(42-36(40)43-34)48(37(50)51)27-15-13-14-16-27/h21,27,29,31-32,35H,11-20,22-26H2,1-10H3,(H,50,51)/t29-,31-,32-,35-,39+/m1/s1. The van der Waals surface area contributed by atoms with E-state index in [1.54, 1.807) is 27.7 Å². The highest BCUT2D eigenvalue weighted by atomic mass is 35.5. The van der Waals surface area contributed by atoms with Gasteiger partial charge in [0.15, 0.2) is 36.0 Å². The highest BCUT2D eigenvalue weighted by Crippen LogP contribution is 2.61. The number of amides is 1. The smallest absolute Gasteiger partial charge is 0.413 e. The van der Waals surface area contributed by atoms with Gasteiger partial charge in [-0.25, -0.2) is 9.48 Å². The maximum atomic E-state index is 15.1. The molecule has 6 rings (SSSR count). The van der Waals surface area contributed by atoms with E-state index in [1.807, 2.05) is 0 Å². The van der Waals surface area contributed by atoms with Crippen LogP contribution in [0.3, 0.4) is 0 Å². The van der Waals surface area contributed by atoms with Crippen LogP contribution in [0.25, 0.3) is 11.0 Å². The lowest BCUT2D eigenvalue weighted by Crippen LogP contribution is -2.47. The van der Waals surface area contributed by atoms with E-state index in [9.17, 15) is 9.90 Å². The molecule has 0 unspecified atom stereocenters. The number of carboxylic acid groups (broad SMARTS) is 1. The number of anilines is 1. The fourth-order valence-electron chi connectivity index (χ4n) is 7.86. The second-order valence-corrected chi connectivity index (χ2v) is 33.1. The molecule has 0 aromatic carbocycles. The minimum atomic E-state index is -4.20. The SMILES string of the molecule is CCOP(=O)(OCC)[C@@](COCC[Si](C)(C)C)(COCc1nnn(COCC[Si](C)(C)C)n1)OC[C@H]1O[C@@H](n2ncc3c(N(C(=O)O)C4CCCC4)nc(Cl)nc32)[C@@H]2OC(C)(C)O[C@@H]21. The van der Waals surface area contributed by atoms with Crippen molar-refractivity contribution in [2.75, 3.05) is 51.1 Å². The van der Waals surface area contributed by atoms with E-state index in [1.165, 1.54) is 20.6 Å². The molecule has 3 fully saturated rings. The van der Waals surface area contributed by atoms with E-state index in [-0.39, 0.29) is 75.0 Å². The maximum absolute atomic E-state index is 15.1. The third-order valence-electron chi connectivity index (χ3n) is 11.1. The highest BCUT2D eigenvalue weighted by molar-refractivity contribution is 7.55. The number of ether oxygens (including phenoxy) is 7. The van der Waals surface area contributed by atoms with Crippen LogP contribution in [-0.2, 0) is 60.1 Å². The molecule has 0 radical (unpaired) electrons. The summed E-state index contributed by atoms with van der Waals surface area (Å²) >= 11 is 6.50. The van der Waals surface area contributed by atoms with Gasteiger partial charge >= 0.3 is 13.7 Å². The summed E-state index contributed by atoms with van der Waals surface area (Å²) in [6.45, 7) is 20.9. The average Bonchev–Trinajstić information content (AvgIpc) is 4.04. The molecule has 25 heteroatoms. The monoisotopic (exact) mass is 975 g/mol. The number of carbonyl (C=O) groups is 1. The van der Waals surface area contributed by atoms with E-state index in [0.717, 1.165) is 24.9 Å². The van der Waals surface area contributed by atoms with Gasteiger partial charge < -0.3 is 47.3 Å². The molecule has 0 spiro atoms. The first kappa shape index (κ1) is 50.9. The van der Waals surface area contributed by atoms with Crippen LogP contribution < -0.4 is 4.90 Å². The second kappa shape index (κ2) is 21.2. The van der Waals surface area contributed by atoms with Gasteiger partial charge in [-0.05, 0) is 69.4 Å². The molecule has 1 amide bonds. The van der Waals surface area contributed by atoms with Crippen LogP contribution in [0.4, 0.5) is 10.6 Å². The van der Waals surface area contributed by atoms with E-state index < -0.39 is 65.5 Å². The van der Waals surface area contributed by atoms with Gasteiger partial charge in [0, 0.05) is 35.4 Å². The van der Waals surface area contributed by atoms with Crippen molar-refractivity contribution in [3.05, 3.63) is 17.3 Å². The first-order valence-corrected chi connectivity index (χ1v) is 31.5. The molecule has 2 saturated heterocycles. The summed E-state index contributed by atoms with van der Waals surface area (Å²) in [5, 5.41) is 26.1. The topological polar surface area (TPSA) is 228 Å². The lowest BCUT2D eigenvalue weighted by Gasteiger charge is -2.39. The van der Waals surface area contributed by atoms with E-state index in [0.29, 0.717) is 31.4 Å². The lowest BCUT2D eigenvalue weighted by molar-refractivity contribution is -0.209. The minimum Gasteiger partial charge on any atom is -0.465 e. The summed E-state index contributed by atoms with van der Waals surface area (Å²) in [7, 11) is -7.01. The summed E-state index contributed by atoms with van der Waals surface area (Å²) in [6.07, 6.45) is 0.311. The summed E-state index contributed by atoms with van der Waals surface area (Å²) < 4.78 is 73.3. The molecule has 1 saturated carbocycles. The normalized spacial score (nSPS) is 22.7. The minimum absolute atomic E-state index is 0.0432. The van der Waals surface area contributed by atoms with Crippen molar-refractivity contribution in [2.45, 2.75) is 160 Å². The van der Waals surface area contributed by atoms with Crippen molar-refractivity contribution in [3.63, 3.8) is 0 Å². The van der Waals surface area contributed by atoms with E-state index in [4.69, 9.17) is 53.8 Å². The molecule has 2 aliphatic heterocycles. The van der Waals surface area contributed by atoms with Crippen molar-refractivity contribution in [1.29, 1.82) is 0 Å². The van der Waals surface area contributed by atoms with Crippen molar-refractivity contribution in [3.8, 4) is 0 Å². The number of halogens is 1. The molecule has 5 heterocycles. The summed E-state index contributed by atoms with van der Waals surface area (Å²) in [6, 6.07) is 1.57. The van der Waals surface area contributed by atoms with Gasteiger partial charge in [0.05, 0.1) is 44.6 Å². The number of rotatable bonds is 25. The van der Waals surface area contributed by atoms with Gasteiger partial charge in [0.1, 0.15) is 24.9 Å². The van der Waals surface area contributed by atoms with Gasteiger partial charge in [-0.1, -0.05) is 52.1 Å². The number of aromatic nitrogens is 8. The molecule has 21 nitrogen and oxygen atoms in total. The Labute approximate surface area is 381 Å². The molecular formula is C39H67ClN9O12PSi2. The molecular weight excluding hydrogens is 909 g/mol. The summed E-state index contributed by atoms with van der Waals surface area (Å²) in [5.74, 6) is -0.625. The number of fused-ring (bicyclic) bond motifs is 2. The summed E-state index contributed by atoms with van der Waals surface area (Å²) in [5.41, 5.74) is 0.247. The van der Waals surface area contributed by atoms with Gasteiger partial charge in [-0.3, -0.25) is 9.46 Å². The fraction of sp³-hybridized carbons (Fsp3) is 0.821. The first-order chi connectivity index (χ1) is 30.2. The molecule has 5 atom stereocenters. The number of hydrogen-bond donors (Lipinski definition) is 1. The predicted molar refractivity (Wildman–Crippen MR) is 241 cm³/mol. The van der Waals surface area contributed by atoms with Crippen LogP contribution in [0.1, 0.15) is 65.4 Å². The van der Waals surface area contributed by atoms with Crippen LogP contribution in [0.5, 0.6) is 0 Å². The predicted octanol–water partition coefficient (Wildman–Crippen LogP) is 7.17. The number of hydrogen-bond acceptors (Lipinski definition) is 17. The second-order valence-electron chi connectivity index (χ2n) is 19.2.